The van der Waals surface area contributed by atoms with Crippen LogP contribution in [0.15, 0.2) is 36.7 Å². The van der Waals surface area contributed by atoms with E-state index in [1.54, 1.807) is 25.5 Å². The first-order valence-corrected chi connectivity index (χ1v) is 5.04. The van der Waals surface area contributed by atoms with Crippen LogP contribution in [0.4, 0.5) is 25.8 Å². The van der Waals surface area contributed by atoms with Gasteiger partial charge in [-0.15, -0.1) is 0 Å². The van der Waals surface area contributed by atoms with Gasteiger partial charge in [0.2, 0.25) is 0 Å². The maximum atomic E-state index is 13.4. The summed E-state index contributed by atoms with van der Waals surface area (Å²) in [6.07, 6.45) is 3.20. The Morgan fingerprint density at radius 3 is 2.53 bits per heavy atom. The van der Waals surface area contributed by atoms with Crippen molar-refractivity contribution < 1.29 is 8.78 Å². The molecule has 2 N–H and O–H groups in total. The van der Waals surface area contributed by atoms with Crippen LogP contribution in [0.1, 0.15) is 0 Å². The molecule has 0 saturated carbocycles. The third-order valence-corrected chi connectivity index (χ3v) is 2.24. The van der Waals surface area contributed by atoms with Crippen LogP contribution in [0.25, 0.3) is 0 Å². The zero-order chi connectivity index (χ0) is 12.3. The highest BCUT2D eigenvalue weighted by Gasteiger charge is 2.04. The van der Waals surface area contributed by atoms with Gasteiger partial charge in [-0.25, -0.2) is 8.78 Å². The summed E-state index contributed by atoms with van der Waals surface area (Å²) in [5.41, 5.74) is 1.64. The van der Waals surface area contributed by atoms with E-state index in [0.717, 1.165) is 11.8 Å². The van der Waals surface area contributed by atoms with Crippen LogP contribution in [0.3, 0.4) is 0 Å². The lowest BCUT2D eigenvalue weighted by Gasteiger charge is -2.08. The Labute approximate surface area is 97.5 Å². The highest BCUT2D eigenvalue weighted by Crippen LogP contribution is 2.21. The first kappa shape index (κ1) is 11.3. The van der Waals surface area contributed by atoms with Crippen molar-refractivity contribution in [2.75, 3.05) is 17.7 Å². The molecule has 0 saturated heterocycles. The highest BCUT2D eigenvalue weighted by atomic mass is 19.1. The fourth-order valence-electron chi connectivity index (χ4n) is 1.39. The molecule has 17 heavy (non-hydrogen) atoms. The van der Waals surface area contributed by atoms with E-state index in [2.05, 4.69) is 15.6 Å². The van der Waals surface area contributed by atoms with Gasteiger partial charge in [0.05, 0.1) is 29.5 Å². The van der Waals surface area contributed by atoms with E-state index in [1.165, 1.54) is 12.1 Å². The van der Waals surface area contributed by atoms with Crippen molar-refractivity contribution in [3.05, 3.63) is 48.3 Å². The molecule has 0 bridgehead atoms. The van der Waals surface area contributed by atoms with Crippen molar-refractivity contribution >= 4 is 17.1 Å². The SMILES string of the molecule is CNc1cncc(Nc2ccc(F)cc2F)c1. The van der Waals surface area contributed by atoms with Gasteiger partial charge >= 0.3 is 0 Å². The first-order valence-electron chi connectivity index (χ1n) is 5.04. The molecule has 1 heterocycles. The standard InChI is InChI=1S/C12H11F2N3/c1-15-9-5-10(7-16-6-9)17-12-3-2-8(13)4-11(12)14/h2-7,15,17H,1H3. The van der Waals surface area contributed by atoms with Gasteiger partial charge in [-0.1, -0.05) is 0 Å². The average molecular weight is 235 g/mol. The van der Waals surface area contributed by atoms with E-state index < -0.39 is 11.6 Å². The predicted molar refractivity (Wildman–Crippen MR) is 63.4 cm³/mol. The van der Waals surface area contributed by atoms with Crippen molar-refractivity contribution in [2.45, 2.75) is 0 Å². The molecule has 0 aliphatic rings. The molecule has 0 aliphatic carbocycles. The molecule has 0 spiro atoms. The van der Waals surface area contributed by atoms with Crippen molar-refractivity contribution in [3.63, 3.8) is 0 Å². The lowest BCUT2D eigenvalue weighted by atomic mass is 10.2. The molecule has 2 rings (SSSR count). The van der Waals surface area contributed by atoms with Crippen LogP contribution in [-0.2, 0) is 0 Å². The number of hydrogen-bond acceptors (Lipinski definition) is 3. The maximum absolute atomic E-state index is 13.4. The second-order valence-corrected chi connectivity index (χ2v) is 3.46. The second kappa shape index (κ2) is 4.78. The van der Waals surface area contributed by atoms with Gasteiger partial charge in [-0.3, -0.25) is 4.98 Å². The fraction of sp³-hybridized carbons (Fsp3) is 0.0833. The molecule has 88 valence electrons. The van der Waals surface area contributed by atoms with Gasteiger partial charge in [0.1, 0.15) is 11.6 Å². The van der Waals surface area contributed by atoms with Crippen molar-refractivity contribution in [3.8, 4) is 0 Å². The lowest BCUT2D eigenvalue weighted by molar-refractivity contribution is 0.586. The number of hydrogen-bond donors (Lipinski definition) is 2. The molecule has 1 aromatic heterocycles. The largest absolute Gasteiger partial charge is 0.387 e. The second-order valence-electron chi connectivity index (χ2n) is 3.46. The van der Waals surface area contributed by atoms with Crippen LogP contribution in [-0.4, -0.2) is 12.0 Å². The molecule has 0 fully saturated rings. The minimum absolute atomic E-state index is 0.210. The number of pyridine rings is 1. The molecule has 0 radical (unpaired) electrons. The summed E-state index contributed by atoms with van der Waals surface area (Å²) in [5.74, 6) is -1.24. The maximum Gasteiger partial charge on any atom is 0.149 e. The van der Waals surface area contributed by atoms with Crippen LogP contribution in [0, 0.1) is 11.6 Å². The van der Waals surface area contributed by atoms with E-state index in [1.807, 2.05) is 0 Å². The number of aromatic nitrogens is 1. The van der Waals surface area contributed by atoms with Crippen molar-refractivity contribution in [2.24, 2.45) is 0 Å². The Morgan fingerprint density at radius 1 is 1.06 bits per heavy atom. The zero-order valence-corrected chi connectivity index (χ0v) is 9.17. The average Bonchev–Trinajstić information content (AvgIpc) is 2.33. The summed E-state index contributed by atoms with van der Waals surface area (Å²) < 4.78 is 26.1. The third-order valence-electron chi connectivity index (χ3n) is 2.24. The molecular weight excluding hydrogens is 224 g/mol. The predicted octanol–water partition coefficient (Wildman–Crippen LogP) is 3.15. The Balaban J connectivity index is 2.25. The van der Waals surface area contributed by atoms with Gasteiger partial charge in [0.15, 0.2) is 0 Å². The summed E-state index contributed by atoms with van der Waals surface area (Å²) in [6, 6.07) is 5.14. The van der Waals surface area contributed by atoms with Crippen LogP contribution >= 0.6 is 0 Å². The number of halogens is 2. The van der Waals surface area contributed by atoms with Crippen LogP contribution in [0.2, 0.25) is 0 Å². The van der Waals surface area contributed by atoms with Gasteiger partial charge in [-0.05, 0) is 18.2 Å². The number of benzene rings is 1. The smallest absolute Gasteiger partial charge is 0.149 e. The molecule has 0 amide bonds. The van der Waals surface area contributed by atoms with E-state index in [-0.39, 0.29) is 5.69 Å². The molecule has 0 unspecified atom stereocenters. The summed E-state index contributed by atoms with van der Waals surface area (Å²) in [7, 11) is 1.76. The molecule has 1 aromatic carbocycles. The zero-order valence-electron chi connectivity index (χ0n) is 9.17. The van der Waals surface area contributed by atoms with Gasteiger partial charge in [-0.2, -0.15) is 0 Å². The minimum atomic E-state index is -0.639. The summed E-state index contributed by atoms with van der Waals surface area (Å²) in [5, 5.41) is 5.75. The van der Waals surface area contributed by atoms with E-state index in [9.17, 15) is 8.78 Å². The minimum Gasteiger partial charge on any atom is -0.387 e. The Morgan fingerprint density at radius 2 is 1.82 bits per heavy atom. The van der Waals surface area contributed by atoms with Gasteiger partial charge in [0.25, 0.3) is 0 Å². The third kappa shape index (κ3) is 2.69. The quantitative estimate of drug-likeness (QED) is 0.858. The van der Waals surface area contributed by atoms with Crippen LogP contribution in [0.5, 0.6) is 0 Å². The lowest BCUT2D eigenvalue weighted by Crippen LogP contribution is -1.96. The van der Waals surface area contributed by atoms with Crippen LogP contribution < -0.4 is 10.6 Å². The van der Waals surface area contributed by atoms with Gasteiger partial charge in [0, 0.05) is 13.1 Å². The normalized spacial score (nSPS) is 10.1. The number of nitrogens with zero attached hydrogens (tertiary/aromatic N) is 1. The molecular formula is C12H11F2N3. The molecule has 0 atom stereocenters. The fourth-order valence-corrected chi connectivity index (χ4v) is 1.39. The summed E-state index contributed by atoms with van der Waals surface area (Å²) in [4.78, 5) is 3.98. The highest BCUT2D eigenvalue weighted by molar-refractivity contribution is 5.63. The van der Waals surface area contributed by atoms with Gasteiger partial charge < -0.3 is 10.6 Å². The Kier molecular flexibility index (Phi) is 3.18. The van der Waals surface area contributed by atoms with E-state index >= 15 is 0 Å². The molecule has 3 nitrogen and oxygen atoms in total. The number of nitrogens with one attached hydrogen (secondary N) is 2. The first-order chi connectivity index (χ1) is 8.19. The van der Waals surface area contributed by atoms with E-state index in [0.29, 0.717) is 5.69 Å². The topological polar surface area (TPSA) is 37.0 Å². The van der Waals surface area contributed by atoms with Crippen molar-refractivity contribution in [1.82, 2.24) is 4.98 Å². The van der Waals surface area contributed by atoms with E-state index in [4.69, 9.17) is 0 Å². The number of rotatable bonds is 3. The molecule has 0 aliphatic heterocycles. The Hall–Kier alpha value is -2.17. The monoisotopic (exact) mass is 235 g/mol. The summed E-state index contributed by atoms with van der Waals surface area (Å²) >= 11 is 0. The Bertz CT molecular complexity index is 529. The molecule has 5 heteroatoms. The molecule has 2 aromatic rings. The number of anilines is 3. The van der Waals surface area contributed by atoms with Crippen molar-refractivity contribution in [1.29, 1.82) is 0 Å². The summed E-state index contributed by atoms with van der Waals surface area (Å²) in [6.45, 7) is 0.